The van der Waals surface area contributed by atoms with Gasteiger partial charge >= 0.3 is 0 Å². The molecule has 0 unspecified atom stereocenters. The summed E-state index contributed by atoms with van der Waals surface area (Å²) in [6.45, 7) is 1.84. The summed E-state index contributed by atoms with van der Waals surface area (Å²) in [5.74, 6) is -0.251. The minimum absolute atomic E-state index is 0.251. The quantitative estimate of drug-likeness (QED) is 0.699. The molecule has 2 rings (SSSR count). The summed E-state index contributed by atoms with van der Waals surface area (Å²) in [5, 5.41) is 4.08. The average Bonchev–Trinajstić information content (AvgIpc) is 2.46. The lowest BCUT2D eigenvalue weighted by molar-refractivity contribution is 0.0954. The van der Waals surface area contributed by atoms with Crippen LogP contribution in [0.2, 0.25) is 0 Å². The number of carbonyl (C=O) groups is 1. The summed E-state index contributed by atoms with van der Waals surface area (Å²) in [4.78, 5) is 15.6. The highest BCUT2D eigenvalue weighted by Gasteiger charge is 2.03. The maximum atomic E-state index is 11.8. The van der Waals surface area contributed by atoms with Crippen molar-refractivity contribution >= 4 is 27.5 Å². The molecule has 1 aromatic carbocycles. The first-order chi connectivity index (χ1) is 9.16. The molecule has 0 aliphatic heterocycles. The number of amides is 1. The summed E-state index contributed by atoms with van der Waals surface area (Å²) in [6.07, 6.45) is 3.14. The van der Waals surface area contributed by atoms with Crippen LogP contribution < -0.4 is 5.43 Å². The van der Waals surface area contributed by atoms with Crippen LogP contribution in [-0.4, -0.2) is 16.6 Å². The van der Waals surface area contributed by atoms with Gasteiger partial charge in [-0.15, -0.1) is 0 Å². The minimum atomic E-state index is -0.251. The number of hydrogen-bond acceptors (Lipinski definition) is 3. The highest BCUT2D eigenvalue weighted by atomic mass is 79.9. The second-order valence-electron chi connectivity index (χ2n) is 3.88. The predicted molar refractivity (Wildman–Crippen MR) is 78.1 cm³/mol. The van der Waals surface area contributed by atoms with Crippen molar-refractivity contribution in [2.45, 2.75) is 6.92 Å². The summed E-state index contributed by atoms with van der Waals surface area (Å²) < 4.78 is 1.00. The molecular formula is C14H12BrN3O. The van der Waals surface area contributed by atoms with Crippen LogP contribution in [0.25, 0.3) is 0 Å². The van der Waals surface area contributed by atoms with Crippen LogP contribution in [0.3, 0.4) is 0 Å². The number of hydrazone groups is 1. The molecule has 0 radical (unpaired) electrons. The second-order valence-corrected chi connectivity index (χ2v) is 4.80. The molecular weight excluding hydrogens is 306 g/mol. The summed E-state index contributed by atoms with van der Waals surface area (Å²) >= 11 is 3.37. The van der Waals surface area contributed by atoms with Gasteiger partial charge in [0.25, 0.3) is 5.91 Å². The Balaban J connectivity index is 2.06. The highest BCUT2D eigenvalue weighted by Crippen LogP contribution is 2.11. The van der Waals surface area contributed by atoms with Crippen molar-refractivity contribution in [1.82, 2.24) is 10.4 Å². The summed E-state index contributed by atoms with van der Waals surface area (Å²) in [7, 11) is 0. The normalized spacial score (nSPS) is 11.2. The fraction of sp³-hybridized carbons (Fsp3) is 0.0714. The van der Waals surface area contributed by atoms with Gasteiger partial charge in [0.15, 0.2) is 0 Å². The fourth-order valence-corrected chi connectivity index (χ4v) is 1.72. The van der Waals surface area contributed by atoms with Gasteiger partial charge in [0, 0.05) is 22.4 Å². The zero-order chi connectivity index (χ0) is 13.7. The Hall–Kier alpha value is -2.01. The predicted octanol–water partition coefficient (Wildman–Crippen LogP) is 3.00. The standard InChI is InChI=1S/C14H12BrN3O/c1-10(11-2-4-13(15)5-3-11)17-18-14(19)12-6-8-16-9-7-12/h2-9H,1H3,(H,18,19)/b17-10-. The number of nitrogens with one attached hydrogen (secondary N) is 1. The smallest absolute Gasteiger partial charge is 0.267 e. The van der Waals surface area contributed by atoms with Crippen LogP contribution in [0.5, 0.6) is 0 Å². The fourth-order valence-electron chi connectivity index (χ4n) is 1.46. The molecule has 0 fully saturated rings. The van der Waals surface area contributed by atoms with Crippen molar-refractivity contribution < 1.29 is 4.79 Å². The number of pyridine rings is 1. The van der Waals surface area contributed by atoms with Crippen molar-refractivity contribution in [2.75, 3.05) is 0 Å². The Bertz CT molecular complexity index is 594. The van der Waals surface area contributed by atoms with E-state index in [1.165, 1.54) is 0 Å². The van der Waals surface area contributed by atoms with Gasteiger partial charge in [-0.05, 0) is 36.8 Å². The van der Waals surface area contributed by atoms with Crippen LogP contribution in [-0.2, 0) is 0 Å². The molecule has 1 amide bonds. The SMILES string of the molecule is C/C(=N/NC(=O)c1ccncc1)c1ccc(Br)cc1. The minimum Gasteiger partial charge on any atom is -0.267 e. The van der Waals surface area contributed by atoms with Crippen molar-refractivity contribution in [3.8, 4) is 0 Å². The van der Waals surface area contributed by atoms with E-state index in [0.29, 0.717) is 5.56 Å². The molecule has 0 bridgehead atoms. The monoisotopic (exact) mass is 317 g/mol. The first-order valence-electron chi connectivity index (χ1n) is 5.67. The van der Waals surface area contributed by atoms with E-state index in [1.54, 1.807) is 24.5 Å². The maximum absolute atomic E-state index is 11.8. The van der Waals surface area contributed by atoms with Crippen LogP contribution in [0.1, 0.15) is 22.8 Å². The Labute approximate surface area is 119 Å². The van der Waals surface area contributed by atoms with E-state index in [2.05, 4.69) is 31.4 Å². The lowest BCUT2D eigenvalue weighted by Gasteiger charge is -2.03. The molecule has 1 N–H and O–H groups in total. The molecule has 5 heteroatoms. The number of carbonyl (C=O) groups excluding carboxylic acids is 1. The van der Waals surface area contributed by atoms with E-state index in [9.17, 15) is 4.79 Å². The molecule has 0 saturated carbocycles. The van der Waals surface area contributed by atoms with E-state index in [4.69, 9.17) is 0 Å². The molecule has 0 spiro atoms. The van der Waals surface area contributed by atoms with Crippen molar-refractivity contribution in [1.29, 1.82) is 0 Å². The van der Waals surface area contributed by atoms with Crippen molar-refractivity contribution in [3.05, 3.63) is 64.4 Å². The molecule has 0 aliphatic carbocycles. The Kier molecular flexibility index (Phi) is 4.41. The van der Waals surface area contributed by atoms with E-state index < -0.39 is 0 Å². The third-order valence-electron chi connectivity index (χ3n) is 2.53. The molecule has 0 aliphatic rings. The van der Waals surface area contributed by atoms with Gasteiger partial charge in [-0.3, -0.25) is 9.78 Å². The Morgan fingerprint density at radius 1 is 1.11 bits per heavy atom. The molecule has 1 aromatic heterocycles. The molecule has 1 heterocycles. The van der Waals surface area contributed by atoms with Crippen LogP contribution in [0, 0.1) is 0 Å². The van der Waals surface area contributed by atoms with Crippen LogP contribution in [0.4, 0.5) is 0 Å². The molecule has 96 valence electrons. The van der Waals surface area contributed by atoms with Crippen molar-refractivity contribution in [3.63, 3.8) is 0 Å². The lowest BCUT2D eigenvalue weighted by Crippen LogP contribution is -2.19. The molecule has 0 saturated heterocycles. The number of nitrogens with zero attached hydrogens (tertiary/aromatic N) is 2. The van der Waals surface area contributed by atoms with Gasteiger partial charge in [-0.25, -0.2) is 5.43 Å². The number of halogens is 1. The highest BCUT2D eigenvalue weighted by molar-refractivity contribution is 9.10. The molecule has 4 nitrogen and oxygen atoms in total. The zero-order valence-electron chi connectivity index (χ0n) is 10.3. The van der Waals surface area contributed by atoms with E-state index >= 15 is 0 Å². The van der Waals surface area contributed by atoms with Gasteiger partial charge in [-0.2, -0.15) is 5.10 Å². The van der Waals surface area contributed by atoms with Gasteiger partial charge in [-0.1, -0.05) is 28.1 Å². The second kappa shape index (κ2) is 6.24. The van der Waals surface area contributed by atoms with Crippen LogP contribution >= 0.6 is 15.9 Å². The van der Waals surface area contributed by atoms with Gasteiger partial charge in [0.2, 0.25) is 0 Å². The number of hydrogen-bond donors (Lipinski definition) is 1. The van der Waals surface area contributed by atoms with Crippen LogP contribution in [0.15, 0.2) is 58.4 Å². The molecule has 2 aromatic rings. The van der Waals surface area contributed by atoms with Crippen molar-refractivity contribution in [2.24, 2.45) is 5.10 Å². The lowest BCUT2D eigenvalue weighted by atomic mass is 10.1. The van der Waals surface area contributed by atoms with Gasteiger partial charge < -0.3 is 0 Å². The third-order valence-corrected chi connectivity index (χ3v) is 3.06. The zero-order valence-corrected chi connectivity index (χ0v) is 11.9. The van der Waals surface area contributed by atoms with E-state index in [1.807, 2.05) is 31.2 Å². The van der Waals surface area contributed by atoms with Gasteiger partial charge in [0.05, 0.1) is 5.71 Å². The summed E-state index contributed by atoms with van der Waals surface area (Å²) in [5.41, 5.74) is 4.75. The first kappa shape index (κ1) is 13.4. The average molecular weight is 318 g/mol. The topological polar surface area (TPSA) is 54.4 Å². The Morgan fingerprint density at radius 3 is 2.37 bits per heavy atom. The largest absolute Gasteiger partial charge is 0.271 e. The van der Waals surface area contributed by atoms with E-state index in [-0.39, 0.29) is 5.91 Å². The van der Waals surface area contributed by atoms with E-state index in [0.717, 1.165) is 15.7 Å². The maximum Gasteiger partial charge on any atom is 0.271 e. The Morgan fingerprint density at radius 2 is 1.74 bits per heavy atom. The number of benzene rings is 1. The molecule has 0 atom stereocenters. The number of aromatic nitrogens is 1. The summed E-state index contributed by atoms with van der Waals surface area (Å²) in [6, 6.07) is 11.0. The third kappa shape index (κ3) is 3.72. The molecule has 19 heavy (non-hydrogen) atoms. The van der Waals surface area contributed by atoms with Gasteiger partial charge in [0.1, 0.15) is 0 Å². The number of rotatable bonds is 3. The first-order valence-corrected chi connectivity index (χ1v) is 6.47.